The maximum Gasteiger partial charge on any atom is 0.333 e. The summed E-state index contributed by atoms with van der Waals surface area (Å²) < 4.78 is 12.0. The van der Waals surface area contributed by atoms with E-state index in [2.05, 4.69) is 44.1 Å². The normalized spacial score (nSPS) is 34.1. The average molecular weight is 513 g/mol. The van der Waals surface area contributed by atoms with Crippen molar-refractivity contribution in [1.82, 2.24) is 19.8 Å². The van der Waals surface area contributed by atoms with Crippen LogP contribution in [0.25, 0.3) is 0 Å². The van der Waals surface area contributed by atoms with E-state index in [9.17, 15) is 9.59 Å². The lowest BCUT2D eigenvalue weighted by Gasteiger charge is -2.53. The molecule has 0 N–H and O–H groups in total. The van der Waals surface area contributed by atoms with Gasteiger partial charge in [0, 0.05) is 61.9 Å². The molecule has 6 unspecified atom stereocenters. The Hall–Kier alpha value is -3.62. The Morgan fingerprint density at radius 3 is 1.61 bits per heavy atom. The summed E-state index contributed by atoms with van der Waals surface area (Å²) in [6, 6.07) is 8.09. The first-order chi connectivity index (χ1) is 18.4. The Morgan fingerprint density at radius 2 is 1.26 bits per heavy atom. The van der Waals surface area contributed by atoms with Gasteiger partial charge in [0.2, 0.25) is 0 Å². The Kier molecular flexibility index (Phi) is 6.24. The Balaban J connectivity index is 1.13. The monoisotopic (exact) mass is 512 g/mol. The van der Waals surface area contributed by atoms with E-state index in [-0.39, 0.29) is 12.1 Å². The summed E-state index contributed by atoms with van der Waals surface area (Å²) in [5.41, 5.74) is 0.459. The fourth-order valence-electron chi connectivity index (χ4n) is 6.72. The molecule has 6 heterocycles. The first-order valence-corrected chi connectivity index (χ1v) is 13.2. The molecule has 8 nitrogen and oxygen atoms in total. The maximum atomic E-state index is 12.9. The van der Waals surface area contributed by atoms with Gasteiger partial charge in [-0.2, -0.15) is 0 Å². The summed E-state index contributed by atoms with van der Waals surface area (Å²) >= 11 is 0. The number of fused-ring (bicyclic) bond motifs is 4. The van der Waals surface area contributed by atoms with Crippen LogP contribution in [0.4, 0.5) is 0 Å². The van der Waals surface area contributed by atoms with E-state index in [1.54, 1.807) is 12.4 Å². The van der Waals surface area contributed by atoms with E-state index in [1.807, 2.05) is 50.8 Å². The molecule has 2 aliphatic carbocycles. The standard InChI is InChI=1S/C30H32N4O4/c1-33-27(23-5-3-17-31-19-23)21-9-13-29(33,14-10-21)37-25(35)7-8-26(36)38-30-15-11-22(12-16-30)28(34(30)2)24-6-4-18-32-20-24/h3-9,11,13,15,17-22,27-28H,10,12,14,16H2,1-2H3/b8-7+. The molecule has 6 atom stereocenters. The molecule has 2 saturated heterocycles. The maximum absolute atomic E-state index is 12.9. The number of piperidine rings is 2. The van der Waals surface area contributed by atoms with Crippen molar-refractivity contribution < 1.29 is 19.1 Å². The number of pyridine rings is 2. The van der Waals surface area contributed by atoms with Gasteiger partial charge in [-0.1, -0.05) is 24.3 Å². The summed E-state index contributed by atoms with van der Waals surface area (Å²) in [6.07, 6.45) is 21.0. The molecule has 8 heteroatoms. The molecule has 6 aliphatic rings. The molecule has 2 fully saturated rings. The molecule has 38 heavy (non-hydrogen) atoms. The van der Waals surface area contributed by atoms with Gasteiger partial charge in [-0.15, -0.1) is 0 Å². The third-order valence-electron chi connectivity index (χ3n) is 8.68. The summed E-state index contributed by atoms with van der Waals surface area (Å²) in [6.45, 7) is 0. The molecule has 0 aromatic carbocycles. The van der Waals surface area contributed by atoms with Crippen molar-refractivity contribution in [3.8, 4) is 0 Å². The van der Waals surface area contributed by atoms with Crippen molar-refractivity contribution in [3.63, 3.8) is 0 Å². The predicted octanol–water partition coefficient (Wildman–Crippen LogP) is 4.12. The van der Waals surface area contributed by atoms with Gasteiger partial charge in [-0.25, -0.2) is 9.59 Å². The van der Waals surface area contributed by atoms with Crippen LogP contribution in [-0.4, -0.2) is 57.3 Å². The van der Waals surface area contributed by atoms with Crippen LogP contribution in [0.1, 0.15) is 48.9 Å². The fraction of sp³-hybridized carbons (Fsp3) is 0.400. The highest BCUT2D eigenvalue weighted by Crippen LogP contribution is 2.50. The highest BCUT2D eigenvalue weighted by molar-refractivity contribution is 5.92. The number of carbonyl (C=O) groups is 2. The Labute approximate surface area is 222 Å². The number of nitrogens with zero attached hydrogens (tertiary/aromatic N) is 4. The Bertz CT molecular complexity index is 1200. The van der Waals surface area contributed by atoms with Crippen LogP contribution in [0.3, 0.4) is 0 Å². The first-order valence-electron chi connectivity index (χ1n) is 13.2. The van der Waals surface area contributed by atoms with Gasteiger partial charge in [0.15, 0.2) is 11.4 Å². The van der Waals surface area contributed by atoms with E-state index < -0.39 is 23.4 Å². The quantitative estimate of drug-likeness (QED) is 0.325. The van der Waals surface area contributed by atoms with Crippen molar-refractivity contribution in [2.75, 3.05) is 14.1 Å². The highest BCUT2D eigenvalue weighted by Gasteiger charge is 2.51. The number of carbonyl (C=O) groups excluding carboxylic acids is 2. The van der Waals surface area contributed by atoms with Crippen LogP contribution >= 0.6 is 0 Å². The van der Waals surface area contributed by atoms with Crippen molar-refractivity contribution in [2.24, 2.45) is 11.8 Å². The van der Waals surface area contributed by atoms with Crippen molar-refractivity contribution in [3.05, 3.63) is 96.6 Å². The van der Waals surface area contributed by atoms with Crippen molar-refractivity contribution in [2.45, 2.75) is 49.2 Å². The number of rotatable bonds is 6. The highest BCUT2D eigenvalue weighted by atomic mass is 16.6. The van der Waals surface area contributed by atoms with Gasteiger partial charge in [0.05, 0.1) is 0 Å². The van der Waals surface area contributed by atoms with E-state index >= 15 is 0 Å². The van der Waals surface area contributed by atoms with Gasteiger partial charge in [-0.3, -0.25) is 19.8 Å². The van der Waals surface area contributed by atoms with Crippen LogP contribution in [0.15, 0.2) is 85.5 Å². The zero-order valence-electron chi connectivity index (χ0n) is 21.6. The fourth-order valence-corrected chi connectivity index (χ4v) is 6.72. The number of aromatic nitrogens is 2. The molecule has 2 aromatic heterocycles. The lowest BCUT2D eigenvalue weighted by Crippen LogP contribution is -2.57. The zero-order chi connectivity index (χ0) is 26.3. The van der Waals surface area contributed by atoms with Crippen LogP contribution in [-0.2, 0) is 19.1 Å². The predicted molar refractivity (Wildman–Crippen MR) is 140 cm³/mol. The Morgan fingerprint density at radius 1 is 0.816 bits per heavy atom. The summed E-state index contributed by atoms with van der Waals surface area (Å²) in [5.74, 6) is -0.488. The average Bonchev–Trinajstić information content (AvgIpc) is 2.95. The van der Waals surface area contributed by atoms with Gasteiger partial charge < -0.3 is 9.47 Å². The van der Waals surface area contributed by atoms with Gasteiger partial charge >= 0.3 is 11.9 Å². The van der Waals surface area contributed by atoms with Gasteiger partial charge in [0.1, 0.15) is 0 Å². The number of ether oxygens (including phenoxy) is 2. The molecule has 8 rings (SSSR count). The second-order valence-corrected chi connectivity index (χ2v) is 10.7. The number of hydrogen-bond donors (Lipinski definition) is 0. The van der Waals surface area contributed by atoms with Crippen LogP contribution in [0.2, 0.25) is 0 Å². The second kappa shape index (κ2) is 9.60. The van der Waals surface area contributed by atoms with Crippen molar-refractivity contribution >= 4 is 11.9 Å². The minimum atomic E-state index is -0.860. The summed E-state index contributed by atoms with van der Waals surface area (Å²) in [4.78, 5) is 38.6. The largest absolute Gasteiger partial charge is 0.437 e. The minimum absolute atomic E-state index is 0.0693. The van der Waals surface area contributed by atoms with Crippen LogP contribution < -0.4 is 0 Å². The third-order valence-corrected chi connectivity index (χ3v) is 8.68. The van der Waals surface area contributed by atoms with Crippen LogP contribution in [0.5, 0.6) is 0 Å². The first kappa shape index (κ1) is 24.7. The molecule has 0 radical (unpaired) electrons. The lowest BCUT2D eigenvalue weighted by molar-refractivity contribution is -0.187. The smallest absolute Gasteiger partial charge is 0.333 e. The molecule has 0 saturated carbocycles. The molecule has 196 valence electrons. The molecule has 4 aliphatic heterocycles. The van der Waals surface area contributed by atoms with Gasteiger partial charge in [0.25, 0.3) is 0 Å². The lowest BCUT2D eigenvalue weighted by atomic mass is 9.75. The summed E-state index contributed by atoms with van der Waals surface area (Å²) in [5, 5.41) is 0. The molecular formula is C30H32N4O4. The molecule has 0 spiro atoms. The van der Waals surface area contributed by atoms with E-state index in [0.717, 1.165) is 24.0 Å². The van der Waals surface area contributed by atoms with Crippen molar-refractivity contribution in [1.29, 1.82) is 0 Å². The van der Waals surface area contributed by atoms with E-state index in [1.165, 1.54) is 12.2 Å². The summed E-state index contributed by atoms with van der Waals surface area (Å²) in [7, 11) is 3.94. The molecule has 4 bridgehead atoms. The minimum Gasteiger partial charge on any atom is -0.437 e. The molecule has 0 amide bonds. The SMILES string of the molecule is CN1C(c2cccnc2)C2C=CC1(OC(=O)/C=C/C(=O)OC13C=CC(CC1)C(c1cccnc1)N3C)CC2. The zero-order valence-corrected chi connectivity index (χ0v) is 21.6. The number of likely N-dealkylation sites (N-methyl/N-ethyl adjacent to an activating group) is 2. The third kappa shape index (κ3) is 4.18. The van der Waals surface area contributed by atoms with E-state index in [4.69, 9.17) is 9.47 Å². The topological polar surface area (TPSA) is 84.9 Å². The molecule has 2 aromatic rings. The second-order valence-electron chi connectivity index (χ2n) is 10.7. The molecular weight excluding hydrogens is 480 g/mol. The number of esters is 2. The number of hydrogen-bond acceptors (Lipinski definition) is 8. The van der Waals surface area contributed by atoms with Gasteiger partial charge in [-0.05, 0) is 74.2 Å². The van der Waals surface area contributed by atoms with E-state index in [0.29, 0.717) is 24.7 Å². The van der Waals surface area contributed by atoms with Crippen LogP contribution in [0, 0.1) is 11.8 Å².